The van der Waals surface area contributed by atoms with Crippen LogP contribution < -0.4 is 11.1 Å². The number of hydrogen-bond acceptors (Lipinski definition) is 3. The normalized spacial score (nSPS) is 18.5. The zero-order valence-corrected chi connectivity index (χ0v) is 11.7. The fourth-order valence-electron chi connectivity index (χ4n) is 2.35. The summed E-state index contributed by atoms with van der Waals surface area (Å²) in [5.41, 5.74) is 9.42. The SMILES string of the molecule is Cc1cc(NC(=O)CCC2CCCO2)c(C)cc1N. The maximum Gasteiger partial charge on any atom is 0.224 e. The number of carbonyl (C=O) groups excluding carboxylic acids is 1. The van der Waals surface area contributed by atoms with E-state index in [-0.39, 0.29) is 12.0 Å². The van der Waals surface area contributed by atoms with Crippen molar-refractivity contribution in [1.82, 2.24) is 0 Å². The Kier molecular flexibility index (Phi) is 4.43. The molecule has 1 amide bonds. The zero-order valence-electron chi connectivity index (χ0n) is 11.7. The summed E-state index contributed by atoms with van der Waals surface area (Å²) in [6.45, 7) is 4.73. The molecule has 1 aliphatic heterocycles. The lowest BCUT2D eigenvalue weighted by Crippen LogP contribution is -2.16. The molecule has 0 radical (unpaired) electrons. The Morgan fingerprint density at radius 1 is 1.42 bits per heavy atom. The van der Waals surface area contributed by atoms with Crippen molar-refractivity contribution in [3.8, 4) is 0 Å². The number of anilines is 2. The quantitative estimate of drug-likeness (QED) is 0.820. The van der Waals surface area contributed by atoms with Gasteiger partial charge in [0.05, 0.1) is 6.10 Å². The van der Waals surface area contributed by atoms with Crippen LogP contribution in [0.25, 0.3) is 0 Å². The molecule has 1 atom stereocenters. The van der Waals surface area contributed by atoms with E-state index in [9.17, 15) is 4.79 Å². The second-order valence-electron chi connectivity index (χ2n) is 5.25. The highest BCUT2D eigenvalue weighted by atomic mass is 16.5. The van der Waals surface area contributed by atoms with E-state index in [4.69, 9.17) is 10.5 Å². The third kappa shape index (κ3) is 3.70. The maximum atomic E-state index is 11.9. The molecule has 0 aromatic heterocycles. The largest absolute Gasteiger partial charge is 0.399 e. The van der Waals surface area contributed by atoms with Gasteiger partial charge in [-0.25, -0.2) is 0 Å². The van der Waals surface area contributed by atoms with Crippen molar-refractivity contribution in [3.05, 3.63) is 23.3 Å². The van der Waals surface area contributed by atoms with E-state index in [1.165, 1.54) is 0 Å². The number of carbonyl (C=O) groups is 1. The second-order valence-corrected chi connectivity index (χ2v) is 5.25. The minimum atomic E-state index is 0.0442. The first-order valence-corrected chi connectivity index (χ1v) is 6.84. The van der Waals surface area contributed by atoms with E-state index < -0.39 is 0 Å². The predicted molar refractivity (Wildman–Crippen MR) is 77.2 cm³/mol. The summed E-state index contributed by atoms with van der Waals surface area (Å²) >= 11 is 0. The van der Waals surface area contributed by atoms with Crippen LogP contribution in [-0.4, -0.2) is 18.6 Å². The Hall–Kier alpha value is -1.55. The van der Waals surface area contributed by atoms with E-state index in [1.54, 1.807) is 0 Å². The average molecular weight is 262 g/mol. The summed E-state index contributed by atoms with van der Waals surface area (Å²) in [5.74, 6) is 0.0442. The van der Waals surface area contributed by atoms with Crippen LogP contribution in [0.3, 0.4) is 0 Å². The Balaban J connectivity index is 1.89. The molecule has 19 heavy (non-hydrogen) atoms. The van der Waals surface area contributed by atoms with Gasteiger partial charge in [0.15, 0.2) is 0 Å². The van der Waals surface area contributed by atoms with Crippen molar-refractivity contribution >= 4 is 17.3 Å². The lowest BCUT2D eigenvalue weighted by molar-refractivity contribution is -0.116. The third-order valence-electron chi connectivity index (χ3n) is 3.60. The number of ether oxygens (including phenoxy) is 1. The van der Waals surface area contributed by atoms with Crippen molar-refractivity contribution < 1.29 is 9.53 Å². The molecular formula is C15H22N2O2. The minimum absolute atomic E-state index is 0.0442. The van der Waals surface area contributed by atoms with Crippen LogP contribution in [0.5, 0.6) is 0 Å². The molecule has 1 aromatic carbocycles. The maximum absolute atomic E-state index is 11.9. The summed E-state index contributed by atoms with van der Waals surface area (Å²) in [6.07, 6.45) is 3.77. The van der Waals surface area contributed by atoms with Gasteiger partial charge in [-0.1, -0.05) is 0 Å². The van der Waals surface area contributed by atoms with E-state index in [0.29, 0.717) is 6.42 Å². The molecule has 4 heteroatoms. The van der Waals surface area contributed by atoms with Gasteiger partial charge in [0.1, 0.15) is 0 Å². The molecular weight excluding hydrogens is 240 g/mol. The van der Waals surface area contributed by atoms with Gasteiger partial charge in [-0.05, 0) is 56.4 Å². The average Bonchev–Trinajstić information content (AvgIpc) is 2.86. The molecule has 1 saturated heterocycles. The number of aryl methyl sites for hydroxylation is 2. The van der Waals surface area contributed by atoms with Crippen LogP contribution in [0.4, 0.5) is 11.4 Å². The highest BCUT2D eigenvalue weighted by molar-refractivity contribution is 5.92. The van der Waals surface area contributed by atoms with Gasteiger partial charge >= 0.3 is 0 Å². The van der Waals surface area contributed by atoms with Gasteiger partial charge < -0.3 is 15.8 Å². The molecule has 1 fully saturated rings. The molecule has 0 spiro atoms. The van der Waals surface area contributed by atoms with E-state index in [0.717, 1.165) is 48.4 Å². The Bertz CT molecular complexity index is 465. The van der Waals surface area contributed by atoms with E-state index in [1.807, 2.05) is 26.0 Å². The Morgan fingerprint density at radius 3 is 2.89 bits per heavy atom. The van der Waals surface area contributed by atoms with Crippen LogP contribution in [0.2, 0.25) is 0 Å². The van der Waals surface area contributed by atoms with Gasteiger partial charge in [-0.15, -0.1) is 0 Å². The van der Waals surface area contributed by atoms with Gasteiger partial charge in [-0.3, -0.25) is 4.79 Å². The van der Waals surface area contributed by atoms with Gasteiger partial charge in [0.25, 0.3) is 0 Å². The number of hydrogen-bond donors (Lipinski definition) is 2. The smallest absolute Gasteiger partial charge is 0.224 e. The second kappa shape index (κ2) is 6.06. The van der Waals surface area contributed by atoms with Crippen molar-refractivity contribution in [2.24, 2.45) is 0 Å². The monoisotopic (exact) mass is 262 g/mol. The standard InChI is InChI=1S/C15H22N2O2/c1-10-9-14(11(2)8-13(10)16)17-15(18)6-5-12-4-3-7-19-12/h8-9,12H,3-7,16H2,1-2H3,(H,17,18). The Labute approximate surface area is 114 Å². The molecule has 1 aliphatic rings. The Morgan fingerprint density at radius 2 is 2.21 bits per heavy atom. The molecule has 1 heterocycles. The number of nitrogens with one attached hydrogen (secondary N) is 1. The van der Waals surface area contributed by atoms with Crippen molar-refractivity contribution in [3.63, 3.8) is 0 Å². The first-order chi connectivity index (χ1) is 9.06. The molecule has 0 bridgehead atoms. The molecule has 0 aliphatic carbocycles. The lowest BCUT2D eigenvalue weighted by Gasteiger charge is -2.12. The fourth-order valence-corrected chi connectivity index (χ4v) is 2.35. The third-order valence-corrected chi connectivity index (χ3v) is 3.60. The number of nitrogens with two attached hydrogens (primary N) is 1. The summed E-state index contributed by atoms with van der Waals surface area (Å²) in [4.78, 5) is 11.9. The number of rotatable bonds is 4. The van der Waals surface area contributed by atoms with Crippen LogP contribution in [0, 0.1) is 13.8 Å². The molecule has 4 nitrogen and oxygen atoms in total. The topological polar surface area (TPSA) is 64.3 Å². The molecule has 0 saturated carbocycles. The summed E-state index contributed by atoms with van der Waals surface area (Å²) in [6, 6.07) is 3.82. The summed E-state index contributed by atoms with van der Waals surface area (Å²) in [5, 5.41) is 2.95. The molecule has 1 aromatic rings. The minimum Gasteiger partial charge on any atom is -0.399 e. The fraction of sp³-hybridized carbons (Fsp3) is 0.533. The summed E-state index contributed by atoms with van der Waals surface area (Å²) < 4.78 is 5.52. The van der Waals surface area contributed by atoms with Gasteiger partial charge in [0, 0.05) is 24.4 Å². The first-order valence-electron chi connectivity index (χ1n) is 6.84. The molecule has 2 rings (SSSR count). The van der Waals surface area contributed by atoms with Crippen LogP contribution >= 0.6 is 0 Å². The molecule has 1 unspecified atom stereocenters. The highest BCUT2D eigenvalue weighted by Gasteiger charge is 2.17. The van der Waals surface area contributed by atoms with Crippen molar-refractivity contribution in [2.75, 3.05) is 17.7 Å². The van der Waals surface area contributed by atoms with Crippen LogP contribution in [-0.2, 0) is 9.53 Å². The first kappa shape index (κ1) is 13.9. The highest BCUT2D eigenvalue weighted by Crippen LogP contribution is 2.23. The van der Waals surface area contributed by atoms with Crippen LogP contribution in [0.15, 0.2) is 12.1 Å². The number of nitrogen functional groups attached to an aromatic ring is 1. The summed E-state index contributed by atoms with van der Waals surface area (Å²) in [7, 11) is 0. The van der Waals surface area contributed by atoms with Crippen molar-refractivity contribution in [1.29, 1.82) is 0 Å². The lowest BCUT2D eigenvalue weighted by atomic mass is 10.1. The van der Waals surface area contributed by atoms with Crippen LogP contribution in [0.1, 0.15) is 36.8 Å². The van der Waals surface area contributed by atoms with E-state index >= 15 is 0 Å². The predicted octanol–water partition coefficient (Wildman–Crippen LogP) is 2.78. The number of benzene rings is 1. The number of amides is 1. The van der Waals surface area contributed by atoms with E-state index in [2.05, 4.69) is 5.32 Å². The zero-order chi connectivity index (χ0) is 13.8. The van der Waals surface area contributed by atoms with Gasteiger partial charge in [-0.2, -0.15) is 0 Å². The molecule has 3 N–H and O–H groups in total. The van der Waals surface area contributed by atoms with Crippen molar-refractivity contribution in [2.45, 2.75) is 45.6 Å². The van der Waals surface area contributed by atoms with Gasteiger partial charge in [0.2, 0.25) is 5.91 Å². The molecule has 104 valence electrons.